The summed E-state index contributed by atoms with van der Waals surface area (Å²) < 4.78 is 64.9. The summed E-state index contributed by atoms with van der Waals surface area (Å²) in [5.74, 6) is -4.23. The van der Waals surface area contributed by atoms with E-state index in [0.29, 0.717) is 0 Å². The number of Topliss-reactive ketones (excluding diaryl/α,β-unsaturated/α-hetero) is 1. The molecule has 130 valence electrons. The van der Waals surface area contributed by atoms with Gasteiger partial charge in [-0.15, -0.1) is 8.42 Å². The maximum Gasteiger partial charge on any atom is 0.501 e. The molecule has 3 heterocycles. The quantitative estimate of drug-likeness (QED) is 0.611. The summed E-state index contributed by atoms with van der Waals surface area (Å²) in [7, 11) is -8.90. The molecule has 1 spiro atoms. The van der Waals surface area contributed by atoms with Crippen molar-refractivity contribution in [1.82, 2.24) is 0 Å². The molecule has 1 saturated heterocycles. The monoisotopic (exact) mass is 402 g/mol. The first kappa shape index (κ1) is 15.4. The maximum absolute atomic E-state index is 12.9. The SMILES string of the molecule is O=C1C2=C(Sc3ccccc3C2)C2=C(OS(=O)(=O)O2)C12OS(=O)(=O)O2. The van der Waals surface area contributed by atoms with Gasteiger partial charge in [-0.2, -0.15) is 16.8 Å². The molecule has 0 bridgehead atoms. The Morgan fingerprint density at radius 1 is 1.00 bits per heavy atom. The van der Waals surface area contributed by atoms with Crippen molar-refractivity contribution >= 4 is 38.3 Å². The predicted octanol–water partition coefficient (Wildman–Crippen LogP) is 0.663. The standard InChI is InChI=1S/C13H6O9S3/c14-11-7-5-6-3-1-2-4-8(6)23-10(7)9-12(20-24(15,16)19-9)13(11)21-25(17,18)22-13/h1-4H,5H2. The Morgan fingerprint density at radius 2 is 1.72 bits per heavy atom. The summed E-state index contributed by atoms with van der Waals surface area (Å²) in [6.45, 7) is 0. The highest BCUT2D eigenvalue weighted by atomic mass is 32.3. The van der Waals surface area contributed by atoms with Crippen LogP contribution in [0.1, 0.15) is 5.56 Å². The van der Waals surface area contributed by atoms with Gasteiger partial charge in [0.15, 0.2) is 0 Å². The van der Waals surface area contributed by atoms with E-state index >= 15 is 0 Å². The van der Waals surface area contributed by atoms with E-state index in [4.69, 9.17) is 4.18 Å². The van der Waals surface area contributed by atoms with Crippen LogP contribution in [0.15, 0.2) is 51.2 Å². The van der Waals surface area contributed by atoms with Crippen molar-refractivity contribution < 1.29 is 38.4 Å². The van der Waals surface area contributed by atoms with Crippen LogP contribution in [0.2, 0.25) is 0 Å². The Kier molecular flexibility index (Phi) is 2.74. The van der Waals surface area contributed by atoms with Crippen molar-refractivity contribution in [3.8, 4) is 0 Å². The smallest absolute Gasteiger partial charge is 0.348 e. The van der Waals surface area contributed by atoms with Gasteiger partial charge in [-0.05, 0) is 11.6 Å². The van der Waals surface area contributed by atoms with Crippen LogP contribution in [0.4, 0.5) is 0 Å². The Balaban J connectivity index is 1.71. The van der Waals surface area contributed by atoms with Crippen molar-refractivity contribution in [2.45, 2.75) is 17.1 Å². The van der Waals surface area contributed by atoms with Gasteiger partial charge in [0.1, 0.15) is 0 Å². The Hall–Kier alpha value is -1.86. The maximum atomic E-state index is 12.9. The lowest BCUT2D eigenvalue weighted by Gasteiger charge is -2.39. The first-order chi connectivity index (χ1) is 11.7. The Bertz CT molecular complexity index is 1130. The highest BCUT2D eigenvalue weighted by Gasteiger charge is 2.69. The third-order valence-electron chi connectivity index (χ3n) is 3.92. The molecule has 1 aromatic carbocycles. The molecule has 0 atom stereocenters. The number of ketones is 1. The van der Waals surface area contributed by atoms with Crippen molar-refractivity contribution in [3.05, 3.63) is 51.8 Å². The molecule has 0 saturated carbocycles. The van der Waals surface area contributed by atoms with Gasteiger partial charge in [-0.25, -0.2) is 0 Å². The number of carbonyl (C=O) groups excluding carboxylic acids is 1. The molecule has 3 aliphatic heterocycles. The molecule has 5 rings (SSSR count). The average molecular weight is 402 g/mol. The van der Waals surface area contributed by atoms with Gasteiger partial charge in [-0.1, -0.05) is 30.0 Å². The minimum Gasteiger partial charge on any atom is -0.348 e. The summed E-state index contributed by atoms with van der Waals surface area (Å²) in [4.78, 5) is 13.9. The number of rotatable bonds is 0. The molecular formula is C13H6O9S3. The van der Waals surface area contributed by atoms with Gasteiger partial charge in [0, 0.05) is 16.9 Å². The van der Waals surface area contributed by atoms with Crippen LogP contribution in [0.5, 0.6) is 0 Å². The fraction of sp³-hybridized carbons (Fsp3) is 0.154. The van der Waals surface area contributed by atoms with E-state index in [1.807, 2.05) is 6.07 Å². The highest BCUT2D eigenvalue weighted by Crippen LogP contribution is 2.55. The molecule has 9 nitrogen and oxygen atoms in total. The van der Waals surface area contributed by atoms with Gasteiger partial charge < -0.3 is 8.37 Å². The molecule has 0 radical (unpaired) electrons. The summed E-state index contributed by atoms with van der Waals surface area (Å²) in [5.41, 5.74) is 0.959. The summed E-state index contributed by atoms with van der Waals surface area (Å²) in [6.07, 6.45) is 0.145. The molecule has 0 amide bonds. The van der Waals surface area contributed by atoms with E-state index in [2.05, 4.69) is 12.5 Å². The van der Waals surface area contributed by atoms with Gasteiger partial charge in [0.25, 0.3) is 0 Å². The number of fused-ring (bicyclic) bond motifs is 3. The summed E-state index contributed by atoms with van der Waals surface area (Å²) in [5, 5.41) is 0. The third-order valence-corrected chi connectivity index (χ3v) is 6.79. The molecular weight excluding hydrogens is 396 g/mol. The zero-order valence-corrected chi connectivity index (χ0v) is 14.4. The van der Waals surface area contributed by atoms with Crippen LogP contribution in [-0.2, 0) is 48.7 Å². The van der Waals surface area contributed by atoms with E-state index in [1.165, 1.54) is 0 Å². The molecule has 4 aliphatic rings. The van der Waals surface area contributed by atoms with Crippen LogP contribution in [0, 0.1) is 0 Å². The Morgan fingerprint density at radius 3 is 2.44 bits per heavy atom. The molecule has 25 heavy (non-hydrogen) atoms. The fourth-order valence-electron chi connectivity index (χ4n) is 2.95. The van der Waals surface area contributed by atoms with E-state index in [1.54, 1.807) is 18.2 Å². The second kappa shape index (κ2) is 4.45. The van der Waals surface area contributed by atoms with Crippen molar-refractivity contribution in [1.29, 1.82) is 0 Å². The van der Waals surface area contributed by atoms with E-state index < -0.39 is 38.1 Å². The lowest BCUT2D eigenvalue weighted by atomic mass is 9.90. The lowest BCUT2D eigenvalue weighted by molar-refractivity contribution is -0.185. The van der Waals surface area contributed by atoms with Crippen molar-refractivity contribution in [2.24, 2.45) is 0 Å². The van der Waals surface area contributed by atoms with E-state index in [9.17, 15) is 21.6 Å². The normalized spacial score (nSPS) is 27.0. The molecule has 0 unspecified atom stereocenters. The second-order valence-corrected chi connectivity index (χ2v) is 8.80. The number of carbonyl (C=O) groups is 1. The average Bonchev–Trinajstić information content (AvgIpc) is 2.85. The molecule has 1 fully saturated rings. The van der Waals surface area contributed by atoms with Gasteiger partial charge in [0.05, 0.1) is 4.91 Å². The number of hydrogen-bond acceptors (Lipinski definition) is 10. The minimum absolute atomic E-state index is 0.137. The largest absolute Gasteiger partial charge is 0.501 e. The first-order valence-electron chi connectivity index (χ1n) is 6.80. The number of thioether (sulfide) groups is 1. The molecule has 1 aliphatic carbocycles. The number of benzene rings is 1. The van der Waals surface area contributed by atoms with E-state index in [0.717, 1.165) is 22.2 Å². The first-order valence-corrected chi connectivity index (χ1v) is 10.3. The molecule has 12 heteroatoms. The molecule has 0 N–H and O–H groups in total. The van der Waals surface area contributed by atoms with Crippen molar-refractivity contribution in [3.63, 3.8) is 0 Å². The fourth-order valence-corrected chi connectivity index (χ4v) is 5.83. The van der Waals surface area contributed by atoms with E-state index in [-0.39, 0.29) is 22.7 Å². The van der Waals surface area contributed by atoms with Gasteiger partial charge >= 0.3 is 26.6 Å². The van der Waals surface area contributed by atoms with Crippen LogP contribution in [0.3, 0.4) is 0 Å². The predicted molar refractivity (Wildman–Crippen MR) is 80.0 cm³/mol. The molecule has 0 aromatic heterocycles. The zero-order valence-electron chi connectivity index (χ0n) is 11.9. The minimum atomic E-state index is -4.49. The van der Waals surface area contributed by atoms with Crippen LogP contribution < -0.4 is 0 Å². The van der Waals surface area contributed by atoms with Crippen molar-refractivity contribution in [2.75, 3.05) is 0 Å². The van der Waals surface area contributed by atoms with Gasteiger partial charge in [0.2, 0.25) is 17.3 Å². The van der Waals surface area contributed by atoms with Crippen LogP contribution in [0.25, 0.3) is 0 Å². The lowest BCUT2D eigenvalue weighted by Crippen LogP contribution is -2.59. The summed E-state index contributed by atoms with van der Waals surface area (Å²) >= 11 is 1.13. The highest BCUT2D eigenvalue weighted by molar-refractivity contribution is 8.03. The second-order valence-electron chi connectivity index (χ2n) is 5.45. The number of hydrogen-bond donors (Lipinski definition) is 0. The van der Waals surface area contributed by atoms with Gasteiger partial charge in [-0.3, -0.25) is 4.79 Å². The molecule has 1 aromatic rings. The zero-order chi connectivity index (χ0) is 17.6. The topological polar surface area (TPSA) is 122 Å². The van der Waals surface area contributed by atoms with Crippen LogP contribution >= 0.6 is 11.8 Å². The Labute approximate surface area is 145 Å². The summed E-state index contributed by atoms with van der Waals surface area (Å²) in [6, 6.07) is 7.20. The third kappa shape index (κ3) is 1.99. The van der Waals surface area contributed by atoms with Crippen LogP contribution in [-0.4, -0.2) is 28.4 Å².